The van der Waals surface area contributed by atoms with Gasteiger partial charge in [0.05, 0.1) is 7.11 Å². The van der Waals surface area contributed by atoms with E-state index in [2.05, 4.69) is 20.7 Å². The molecule has 0 saturated carbocycles. The maximum atomic E-state index is 12.4. The summed E-state index contributed by atoms with van der Waals surface area (Å²) >= 11 is 3.32. The summed E-state index contributed by atoms with van der Waals surface area (Å²) in [6, 6.07) is 7.06. The molecule has 1 heterocycles. The van der Waals surface area contributed by atoms with Gasteiger partial charge in [0.2, 0.25) is 0 Å². The molecule has 0 spiro atoms. The van der Waals surface area contributed by atoms with Crippen LogP contribution in [0.3, 0.4) is 0 Å². The second-order valence-electron chi connectivity index (χ2n) is 4.88. The maximum absolute atomic E-state index is 12.4. The number of carbonyl (C=O) groups excluding carboxylic acids is 3. The van der Waals surface area contributed by atoms with Gasteiger partial charge in [-0.05, 0) is 30.7 Å². The van der Waals surface area contributed by atoms with Crippen LogP contribution in [0, 0.1) is 5.92 Å². The molecule has 2 rings (SSSR count). The normalized spacial score (nSPS) is 19.0. The highest BCUT2D eigenvalue weighted by molar-refractivity contribution is 9.10. The zero-order valence-electron chi connectivity index (χ0n) is 11.7. The summed E-state index contributed by atoms with van der Waals surface area (Å²) in [4.78, 5) is 37.5. The average molecular weight is 354 g/mol. The summed E-state index contributed by atoms with van der Waals surface area (Å²) in [6.07, 6.45) is 0.496. The number of likely N-dealkylation sites (tertiary alicyclic amines) is 1. The van der Waals surface area contributed by atoms with E-state index in [0.29, 0.717) is 25.1 Å². The van der Waals surface area contributed by atoms with Gasteiger partial charge >= 0.3 is 5.97 Å². The minimum absolute atomic E-state index is 0.124. The number of hydrogen-bond donors (Lipinski definition) is 0. The van der Waals surface area contributed by atoms with Crippen LogP contribution in [0.4, 0.5) is 0 Å². The first-order valence-corrected chi connectivity index (χ1v) is 7.47. The fourth-order valence-electron chi connectivity index (χ4n) is 2.35. The topological polar surface area (TPSA) is 63.7 Å². The minimum Gasteiger partial charge on any atom is -0.468 e. The maximum Gasteiger partial charge on any atom is 0.316 e. The first-order valence-electron chi connectivity index (χ1n) is 6.68. The highest BCUT2D eigenvalue weighted by atomic mass is 79.9. The second-order valence-corrected chi connectivity index (χ2v) is 5.80. The van der Waals surface area contributed by atoms with Crippen molar-refractivity contribution in [2.45, 2.75) is 12.8 Å². The van der Waals surface area contributed by atoms with Crippen molar-refractivity contribution in [3.05, 3.63) is 34.3 Å². The van der Waals surface area contributed by atoms with E-state index in [1.54, 1.807) is 29.2 Å². The highest BCUT2D eigenvalue weighted by Crippen LogP contribution is 2.18. The van der Waals surface area contributed by atoms with Crippen LogP contribution >= 0.6 is 15.9 Å². The van der Waals surface area contributed by atoms with E-state index in [9.17, 15) is 14.4 Å². The standard InChI is InChI=1S/C15H16BrNO4/c1-21-15(20)12-6-8-17(9-7-13(12)18)14(19)10-2-4-11(16)5-3-10/h2-5,12H,6-9H2,1H3. The molecular weight excluding hydrogens is 338 g/mol. The van der Waals surface area contributed by atoms with E-state index in [0.717, 1.165) is 4.47 Å². The molecule has 1 saturated heterocycles. The van der Waals surface area contributed by atoms with Crippen molar-refractivity contribution in [1.29, 1.82) is 0 Å². The zero-order chi connectivity index (χ0) is 15.4. The number of carbonyl (C=O) groups is 3. The van der Waals surface area contributed by atoms with E-state index in [-0.39, 0.29) is 18.1 Å². The van der Waals surface area contributed by atoms with Gasteiger partial charge in [0, 0.05) is 29.5 Å². The summed E-state index contributed by atoms with van der Waals surface area (Å²) in [5, 5.41) is 0. The van der Waals surface area contributed by atoms with Crippen molar-refractivity contribution in [1.82, 2.24) is 4.90 Å². The number of amides is 1. The second kappa shape index (κ2) is 6.85. The van der Waals surface area contributed by atoms with E-state index in [1.807, 2.05) is 0 Å². The largest absolute Gasteiger partial charge is 0.468 e. The van der Waals surface area contributed by atoms with Crippen LogP contribution in [-0.4, -0.2) is 42.8 Å². The van der Waals surface area contributed by atoms with Crippen molar-refractivity contribution < 1.29 is 19.1 Å². The van der Waals surface area contributed by atoms with Gasteiger partial charge in [-0.2, -0.15) is 0 Å². The van der Waals surface area contributed by atoms with Crippen LogP contribution in [0.15, 0.2) is 28.7 Å². The Hall–Kier alpha value is -1.69. The summed E-state index contributed by atoms with van der Waals surface area (Å²) in [5.41, 5.74) is 0.571. The predicted molar refractivity (Wildman–Crippen MR) is 79.8 cm³/mol. The van der Waals surface area contributed by atoms with Crippen LogP contribution in [0.2, 0.25) is 0 Å². The third-order valence-electron chi connectivity index (χ3n) is 3.57. The Morgan fingerprint density at radius 3 is 2.52 bits per heavy atom. The molecule has 1 aliphatic heterocycles. The molecule has 0 aliphatic carbocycles. The van der Waals surface area contributed by atoms with E-state index in [4.69, 9.17) is 0 Å². The predicted octanol–water partition coefficient (Wildman–Crippen LogP) is 2.04. The highest BCUT2D eigenvalue weighted by Gasteiger charge is 2.32. The van der Waals surface area contributed by atoms with Crippen molar-refractivity contribution in [2.24, 2.45) is 5.92 Å². The monoisotopic (exact) mass is 353 g/mol. The quantitative estimate of drug-likeness (QED) is 0.602. The number of Topliss-reactive ketones (excluding diaryl/α,β-unsaturated/α-hetero) is 1. The molecule has 0 radical (unpaired) electrons. The Kier molecular flexibility index (Phi) is 5.12. The van der Waals surface area contributed by atoms with Crippen molar-refractivity contribution in [2.75, 3.05) is 20.2 Å². The molecule has 0 N–H and O–H groups in total. The zero-order valence-corrected chi connectivity index (χ0v) is 13.3. The number of nitrogens with zero attached hydrogens (tertiary/aromatic N) is 1. The molecule has 0 bridgehead atoms. The fraction of sp³-hybridized carbons (Fsp3) is 0.400. The molecule has 1 aliphatic rings. The van der Waals surface area contributed by atoms with Gasteiger partial charge in [0.1, 0.15) is 11.7 Å². The fourth-order valence-corrected chi connectivity index (χ4v) is 2.61. The van der Waals surface area contributed by atoms with Gasteiger partial charge in [0.25, 0.3) is 5.91 Å². The summed E-state index contributed by atoms with van der Waals surface area (Å²) in [6.45, 7) is 0.710. The molecule has 1 aromatic carbocycles. The van der Waals surface area contributed by atoms with Gasteiger partial charge < -0.3 is 9.64 Å². The summed E-state index contributed by atoms with van der Waals surface area (Å²) in [5.74, 6) is -1.55. The molecule has 5 nitrogen and oxygen atoms in total. The number of benzene rings is 1. The van der Waals surface area contributed by atoms with Crippen LogP contribution < -0.4 is 0 Å². The lowest BCUT2D eigenvalue weighted by Gasteiger charge is -2.20. The molecular formula is C15H16BrNO4. The molecule has 0 aromatic heterocycles. The molecule has 1 unspecified atom stereocenters. The third kappa shape index (κ3) is 3.69. The molecule has 1 aromatic rings. The summed E-state index contributed by atoms with van der Waals surface area (Å²) in [7, 11) is 1.27. The number of ether oxygens (including phenoxy) is 1. The lowest BCUT2D eigenvalue weighted by molar-refractivity contribution is -0.149. The van der Waals surface area contributed by atoms with E-state index >= 15 is 0 Å². The van der Waals surface area contributed by atoms with Gasteiger partial charge in [0.15, 0.2) is 0 Å². The lowest BCUT2D eigenvalue weighted by atomic mass is 10.00. The molecule has 1 amide bonds. The minimum atomic E-state index is -0.752. The van der Waals surface area contributed by atoms with E-state index < -0.39 is 11.9 Å². The first kappa shape index (κ1) is 15.7. The molecule has 6 heteroatoms. The lowest BCUT2D eigenvalue weighted by Crippen LogP contribution is -2.32. The summed E-state index contributed by atoms with van der Waals surface area (Å²) < 4.78 is 5.54. The van der Waals surface area contributed by atoms with E-state index in [1.165, 1.54) is 7.11 Å². The molecule has 112 valence electrons. The molecule has 1 fully saturated rings. The Morgan fingerprint density at radius 1 is 1.24 bits per heavy atom. The third-order valence-corrected chi connectivity index (χ3v) is 4.10. The van der Waals surface area contributed by atoms with Crippen LogP contribution in [0.1, 0.15) is 23.2 Å². The molecule has 21 heavy (non-hydrogen) atoms. The Balaban J connectivity index is 2.08. The van der Waals surface area contributed by atoms with Gasteiger partial charge in [-0.25, -0.2) is 0 Å². The first-order chi connectivity index (χ1) is 10.0. The number of esters is 1. The number of methoxy groups -OCH3 is 1. The Labute approximate surface area is 131 Å². The SMILES string of the molecule is COC(=O)C1CCN(C(=O)c2ccc(Br)cc2)CCC1=O. The number of ketones is 1. The van der Waals surface area contributed by atoms with Gasteiger partial charge in [-0.15, -0.1) is 0 Å². The van der Waals surface area contributed by atoms with Crippen LogP contribution in [-0.2, 0) is 14.3 Å². The van der Waals surface area contributed by atoms with Crippen LogP contribution in [0.25, 0.3) is 0 Å². The van der Waals surface area contributed by atoms with Crippen molar-refractivity contribution >= 4 is 33.6 Å². The van der Waals surface area contributed by atoms with Crippen molar-refractivity contribution in [3.63, 3.8) is 0 Å². The average Bonchev–Trinajstić information content (AvgIpc) is 2.68. The van der Waals surface area contributed by atoms with Gasteiger partial charge in [-0.1, -0.05) is 15.9 Å². The Bertz CT molecular complexity index is 555. The smallest absolute Gasteiger partial charge is 0.316 e. The van der Waals surface area contributed by atoms with Gasteiger partial charge in [-0.3, -0.25) is 14.4 Å². The molecule has 1 atom stereocenters. The number of halogens is 1. The Morgan fingerprint density at radius 2 is 1.90 bits per heavy atom. The van der Waals surface area contributed by atoms with Crippen molar-refractivity contribution in [3.8, 4) is 0 Å². The van der Waals surface area contributed by atoms with Crippen LogP contribution in [0.5, 0.6) is 0 Å². The number of hydrogen-bond acceptors (Lipinski definition) is 4. The number of rotatable bonds is 2.